The van der Waals surface area contributed by atoms with Gasteiger partial charge in [-0.2, -0.15) is 5.10 Å². The van der Waals surface area contributed by atoms with E-state index in [1.54, 1.807) is 12.1 Å². The second-order valence-corrected chi connectivity index (χ2v) is 6.58. The zero-order chi connectivity index (χ0) is 18.6. The highest BCUT2D eigenvalue weighted by Crippen LogP contribution is 2.34. The van der Waals surface area contributed by atoms with E-state index in [1.807, 2.05) is 48.5 Å². The van der Waals surface area contributed by atoms with Crippen molar-refractivity contribution in [1.82, 2.24) is 5.01 Å². The molecule has 27 heavy (non-hydrogen) atoms. The number of benzene rings is 3. The van der Waals surface area contributed by atoms with E-state index < -0.39 is 0 Å². The minimum Gasteiger partial charge on any atom is -0.733 e. The van der Waals surface area contributed by atoms with Crippen LogP contribution in [0.15, 0.2) is 90.0 Å². The molecule has 0 aliphatic carbocycles. The highest BCUT2D eigenvalue weighted by Gasteiger charge is 2.28. The third-order valence-electron chi connectivity index (χ3n) is 4.79. The van der Waals surface area contributed by atoms with Crippen molar-refractivity contribution in [3.05, 3.63) is 107 Å². The quantitative estimate of drug-likeness (QED) is 0.670. The molecule has 0 bridgehead atoms. The molecule has 0 saturated carbocycles. The Hall–Kier alpha value is -3.15. The Labute approximate surface area is 158 Å². The SMILES string of the molecule is [O-]N(O)c1ccc(CN2N=C(c3ccccc3)C[C@@H]2c2ccccc2)cc1. The van der Waals surface area contributed by atoms with Gasteiger partial charge in [-0.1, -0.05) is 72.8 Å². The van der Waals surface area contributed by atoms with Gasteiger partial charge >= 0.3 is 0 Å². The van der Waals surface area contributed by atoms with Gasteiger partial charge in [0.2, 0.25) is 0 Å². The third-order valence-corrected chi connectivity index (χ3v) is 4.79. The van der Waals surface area contributed by atoms with E-state index in [4.69, 9.17) is 10.3 Å². The number of nitrogens with zero attached hydrogens (tertiary/aromatic N) is 3. The lowest BCUT2D eigenvalue weighted by molar-refractivity contribution is 0.224. The molecule has 0 aromatic heterocycles. The lowest BCUT2D eigenvalue weighted by Crippen LogP contribution is -2.19. The van der Waals surface area contributed by atoms with Crippen molar-refractivity contribution in [2.45, 2.75) is 19.0 Å². The molecule has 4 rings (SSSR count). The fourth-order valence-electron chi connectivity index (χ4n) is 3.39. The summed E-state index contributed by atoms with van der Waals surface area (Å²) in [5.74, 6) is 0. The molecular weight excluding hydrogens is 338 g/mol. The molecule has 1 aliphatic heterocycles. The average Bonchev–Trinajstić information content (AvgIpc) is 3.13. The molecule has 0 amide bonds. The summed E-state index contributed by atoms with van der Waals surface area (Å²) >= 11 is 0. The first-order valence-electron chi connectivity index (χ1n) is 8.90. The maximum atomic E-state index is 11.0. The predicted octanol–water partition coefficient (Wildman–Crippen LogP) is 4.73. The van der Waals surface area contributed by atoms with Gasteiger partial charge in [0.25, 0.3) is 0 Å². The highest BCUT2D eigenvalue weighted by atomic mass is 16.8. The molecule has 1 atom stereocenters. The Kier molecular flexibility index (Phi) is 4.87. The Bertz CT molecular complexity index is 909. The average molecular weight is 358 g/mol. The number of hydrogen-bond acceptors (Lipinski definition) is 5. The van der Waals surface area contributed by atoms with Crippen molar-refractivity contribution in [3.63, 3.8) is 0 Å². The number of rotatable bonds is 5. The maximum absolute atomic E-state index is 11.0. The van der Waals surface area contributed by atoms with Crippen molar-refractivity contribution < 1.29 is 5.21 Å². The summed E-state index contributed by atoms with van der Waals surface area (Å²) in [4.78, 5) is 0. The first-order valence-corrected chi connectivity index (χ1v) is 8.90. The normalized spacial score (nSPS) is 16.3. The maximum Gasteiger partial charge on any atom is 0.0780 e. The Morgan fingerprint density at radius 2 is 1.56 bits per heavy atom. The summed E-state index contributed by atoms with van der Waals surface area (Å²) in [6, 6.07) is 27.7. The van der Waals surface area contributed by atoms with E-state index in [-0.39, 0.29) is 17.0 Å². The molecule has 0 radical (unpaired) electrons. The third kappa shape index (κ3) is 3.84. The summed E-state index contributed by atoms with van der Waals surface area (Å²) in [5, 5.41) is 26.8. The first kappa shape index (κ1) is 17.3. The molecule has 0 saturated heterocycles. The van der Waals surface area contributed by atoms with Crippen LogP contribution in [0.4, 0.5) is 5.69 Å². The van der Waals surface area contributed by atoms with Crippen molar-refractivity contribution >= 4 is 11.4 Å². The molecule has 1 aliphatic rings. The number of hydrazone groups is 1. The standard InChI is InChI=1S/C22H20N3O2/c26-25(27)20-13-11-17(12-14-20)16-24-22(19-9-5-2-6-10-19)15-21(23-24)18-7-3-1-4-8-18/h1-14,22,26H,15-16H2/q-1/t22-/m1/s1. The van der Waals surface area contributed by atoms with Crippen LogP contribution in [-0.4, -0.2) is 15.9 Å². The monoisotopic (exact) mass is 358 g/mol. The molecule has 3 aromatic rings. The molecule has 1 heterocycles. The largest absolute Gasteiger partial charge is 0.733 e. The van der Waals surface area contributed by atoms with Gasteiger partial charge in [0, 0.05) is 6.42 Å². The summed E-state index contributed by atoms with van der Waals surface area (Å²) < 4.78 is 0. The van der Waals surface area contributed by atoms with E-state index >= 15 is 0 Å². The van der Waals surface area contributed by atoms with Crippen LogP contribution in [-0.2, 0) is 6.54 Å². The summed E-state index contributed by atoms with van der Waals surface area (Å²) in [7, 11) is 0. The van der Waals surface area contributed by atoms with Crippen LogP contribution in [0.1, 0.15) is 29.2 Å². The van der Waals surface area contributed by atoms with Crippen LogP contribution in [0.25, 0.3) is 0 Å². The van der Waals surface area contributed by atoms with Crippen LogP contribution < -0.4 is 5.23 Å². The van der Waals surface area contributed by atoms with Crippen molar-refractivity contribution in [3.8, 4) is 0 Å². The van der Waals surface area contributed by atoms with E-state index in [0.29, 0.717) is 6.54 Å². The van der Waals surface area contributed by atoms with Gasteiger partial charge in [-0.25, -0.2) is 0 Å². The number of anilines is 1. The summed E-state index contributed by atoms with van der Waals surface area (Å²) in [5.41, 5.74) is 4.68. The molecule has 0 unspecified atom stereocenters. The van der Waals surface area contributed by atoms with Crippen LogP contribution in [0.5, 0.6) is 0 Å². The van der Waals surface area contributed by atoms with Gasteiger partial charge in [-0.3, -0.25) is 10.2 Å². The molecule has 1 N–H and O–H groups in total. The Balaban J connectivity index is 1.62. The van der Waals surface area contributed by atoms with Crippen LogP contribution in [0.2, 0.25) is 0 Å². The lowest BCUT2D eigenvalue weighted by Gasteiger charge is -2.25. The van der Waals surface area contributed by atoms with Gasteiger partial charge in [-0.05, 0) is 28.8 Å². The van der Waals surface area contributed by atoms with Crippen molar-refractivity contribution in [1.29, 1.82) is 0 Å². The molecule has 136 valence electrons. The van der Waals surface area contributed by atoms with Crippen LogP contribution in [0, 0.1) is 5.21 Å². The highest BCUT2D eigenvalue weighted by molar-refractivity contribution is 6.01. The van der Waals surface area contributed by atoms with E-state index in [1.165, 1.54) is 5.56 Å². The van der Waals surface area contributed by atoms with Crippen molar-refractivity contribution in [2.24, 2.45) is 5.10 Å². The zero-order valence-electron chi connectivity index (χ0n) is 14.8. The number of hydrogen-bond donors (Lipinski definition) is 1. The van der Waals surface area contributed by atoms with Gasteiger partial charge in [0.05, 0.1) is 24.0 Å². The molecule has 3 aromatic carbocycles. The minimum atomic E-state index is -0.127. The Morgan fingerprint density at radius 3 is 2.19 bits per heavy atom. The smallest absolute Gasteiger partial charge is 0.0780 e. The van der Waals surface area contributed by atoms with E-state index in [2.05, 4.69) is 29.3 Å². The molecule has 0 fully saturated rings. The van der Waals surface area contributed by atoms with Gasteiger partial charge < -0.3 is 10.4 Å². The summed E-state index contributed by atoms with van der Waals surface area (Å²) in [6.07, 6.45) is 0.844. The van der Waals surface area contributed by atoms with Gasteiger partial charge in [0.15, 0.2) is 0 Å². The van der Waals surface area contributed by atoms with Crippen molar-refractivity contribution in [2.75, 3.05) is 5.23 Å². The minimum absolute atomic E-state index is 0.127. The van der Waals surface area contributed by atoms with Crippen LogP contribution >= 0.6 is 0 Å². The fourth-order valence-corrected chi connectivity index (χ4v) is 3.39. The molecular formula is C22H20N3O2-. The molecule has 5 nitrogen and oxygen atoms in total. The molecule has 5 heteroatoms. The summed E-state index contributed by atoms with van der Waals surface area (Å²) in [6.45, 7) is 0.625. The van der Waals surface area contributed by atoms with Crippen LogP contribution in [0.3, 0.4) is 0 Å². The second kappa shape index (κ2) is 7.61. The first-order chi connectivity index (χ1) is 13.2. The fraction of sp³-hybridized carbons (Fsp3) is 0.136. The lowest BCUT2D eigenvalue weighted by atomic mass is 9.98. The second-order valence-electron chi connectivity index (χ2n) is 6.58. The van der Waals surface area contributed by atoms with E-state index in [9.17, 15) is 5.21 Å². The zero-order valence-corrected chi connectivity index (χ0v) is 14.8. The molecule has 0 spiro atoms. The van der Waals surface area contributed by atoms with E-state index in [0.717, 1.165) is 23.3 Å². The Morgan fingerprint density at radius 1 is 0.926 bits per heavy atom. The van der Waals surface area contributed by atoms with Gasteiger partial charge in [-0.15, -0.1) is 0 Å². The predicted molar refractivity (Wildman–Crippen MR) is 106 cm³/mol. The van der Waals surface area contributed by atoms with Gasteiger partial charge in [0.1, 0.15) is 0 Å². The topological polar surface area (TPSA) is 62.1 Å².